The number of piperidine rings is 1. The van der Waals surface area contributed by atoms with Gasteiger partial charge in [-0.2, -0.15) is 4.31 Å². The summed E-state index contributed by atoms with van der Waals surface area (Å²) in [6.07, 6.45) is 2.38. The number of benzene rings is 2. The number of aromatic nitrogens is 1. The number of rotatable bonds is 5. The zero-order chi connectivity index (χ0) is 22.0. The molecule has 1 aliphatic heterocycles. The van der Waals surface area contributed by atoms with Crippen LogP contribution in [0.1, 0.15) is 29.6 Å². The van der Waals surface area contributed by atoms with E-state index in [0.717, 1.165) is 31.4 Å². The molecule has 0 radical (unpaired) electrons. The fraction of sp³-hybridized carbons (Fsp3) is 0.238. The Kier molecular flexibility index (Phi) is 6.12. The largest absolute Gasteiger partial charge is 0.298 e. The van der Waals surface area contributed by atoms with Crippen molar-refractivity contribution in [1.29, 1.82) is 0 Å². The fourth-order valence-electron chi connectivity index (χ4n) is 3.34. The maximum atomic E-state index is 14.4. The van der Waals surface area contributed by atoms with E-state index in [4.69, 9.17) is 0 Å². The lowest BCUT2D eigenvalue weighted by Gasteiger charge is -2.26. The maximum Gasteiger partial charge on any atom is 0.257 e. The Morgan fingerprint density at radius 2 is 1.74 bits per heavy atom. The Bertz CT molecular complexity index is 1200. The first-order valence-corrected chi connectivity index (χ1v) is 12.0. The van der Waals surface area contributed by atoms with Crippen molar-refractivity contribution in [3.8, 4) is 11.3 Å². The van der Waals surface area contributed by atoms with Gasteiger partial charge in [0.25, 0.3) is 5.91 Å². The number of halogens is 2. The number of anilines is 1. The van der Waals surface area contributed by atoms with Gasteiger partial charge in [-0.25, -0.2) is 22.2 Å². The molecule has 0 bridgehead atoms. The molecule has 162 valence electrons. The minimum absolute atomic E-state index is 0.00974. The highest BCUT2D eigenvalue weighted by Gasteiger charge is 2.29. The van der Waals surface area contributed by atoms with Crippen LogP contribution in [0.15, 0.2) is 52.7 Å². The van der Waals surface area contributed by atoms with Crippen LogP contribution in [0, 0.1) is 11.6 Å². The van der Waals surface area contributed by atoms with E-state index in [2.05, 4.69) is 10.3 Å². The molecular weight excluding hydrogens is 444 g/mol. The van der Waals surface area contributed by atoms with E-state index in [1.165, 1.54) is 33.8 Å². The van der Waals surface area contributed by atoms with Crippen LogP contribution in [-0.4, -0.2) is 36.7 Å². The molecule has 0 unspecified atom stereocenters. The average Bonchev–Trinajstić information content (AvgIpc) is 3.23. The molecule has 2 aromatic carbocycles. The van der Waals surface area contributed by atoms with Crippen LogP contribution in [0.4, 0.5) is 13.9 Å². The zero-order valence-electron chi connectivity index (χ0n) is 16.3. The Hall–Kier alpha value is -2.69. The molecule has 1 N–H and O–H groups in total. The lowest BCUT2D eigenvalue weighted by atomic mass is 10.2. The number of hydrogen-bond acceptors (Lipinski definition) is 5. The molecule has 1 aromatic heterocycles. The third kappa shape index (κ3) is 4.65. The monoisotopic (exact) mass is 463 g/mol. The van der Waals surface area contributed by atoms with Crippen LogP contribution >= 0.6 is 11.3 Å². The van der Waals surface area contributed by atoms with Crippen LogP contribution in [-0.2, 0) is 10.0 Å². The van der Waals surface area contributed by atoms with Gasteiger partial charge in [0.05, 0.1) is 5.69 Å². The number of carbonyl (C=O) groups excluding carboxylic acids is 1. The van der Waals surface area contributed by atoms with Gasteiger partial charge < -0.3 is 0 Å². The highest BCUT2D eigenvalue weighted by atomic mass is 32.2. The topological polar surface area (TPSA) is 79.4 Å². The minimum atomic E-state index is -4.02. The SMILES string of the molecule is O=C(Nc1nc(-c2ccc(F)cc2)cs1)c1ccc(F)c(S(=O)(=O)N2CCCCC2)c1. The fourth-order valence-corrected chi connectivity index (χ4v) is 5.66. The zero-order valence-corrected chi connectivity index (χ0v) is 18.0. The second kappa shape index (κ2) is 8.81. The number of nitrogens with one attached hydrogen (secondary N) is 1. The van der Waals surface area contributed by atoms with E-state index in [9.17, 15) is 22.0 Å². The van der Waals surface area contributed by atoms with E-state index < -0.39 is 26.6 Å². The molecule has 1 aliphatic rings. The first-order chi connectivity index (χ1) is 14.8. The summed E-state index contributed by atoms with van der Waals surface area (Å²) in [7, 11) is -4.02. The first kappa shape index (κ1) is 21.5. The quantitative estimate of drug-likeness (QED) is 0.604. The molecule has 2 heterocycles. The van der Waals surface area contributed by atoms with Gasteiger partial charge in [0.2, 0.25) is 10.0 Å². The van der Waals surface area contributed by atoms with Gasteiger partial charge in [-0.15, -0.1) is 11.3 Å². The van der Waals surface area contributed by atoms with Gasteiger partial charge in [-0.1, -0.05) is 6.42 Å². The number of sulfonamides is 1. The van der Waals surface area contributed by atoms with Crippen molar-refractivity contribution in [2.75, 3.05) is 18.4 Å². The number of thiazole rings is 1. The minimum Gasteiger partial charge on any atom is -0.298 e. The van der Waals surface area contributed by atoms with Gasteiger partial charge in [0, 0.05) is 29.6 Å². The lowest BCUT2D eigenvalue weighted by Crippen LogP contribution is -2.36. The summed E-state index contributed by atoms with van der Waals surface area (Å²) in [6.45, 7) is 0.674. The summed E-state index contributed by atoms with van der Waals surface area (Å²) in [5.41, 5.74) is 1.26. The summed E-state index contributed by atoms with van der Waals surface area (Å²) < 4.78 is 54.4. The second-order valence-corrected chi connectivity index (χ2v) is 9.87. The standard InChI is InChI=1S/C21H19F2N3O3S2/c22-16-7-4-14(5-8-16)18-13-30-21(24-18)25-20(27)15-6-9-17(23)19(12-15)31(28,29)26-10-2-1-3-11-26/h4-9,12-13H,1-3,10-11H2,(H,24,25,27). The molecule has 6 nitrogen and oxygen atoms in total. The Morgan fingerprint density at radius 3 is 2.45 bits per heavy atom. The van der Waals surface area contributed by atoms with Crippen molar-refractivity contribution >= 4 is 32.4 Å². The Balaban J connectivity index is 1.54. The molecule has 4 rings (SSSR count). The molecule has 3 aromatic rings. The predicted octanol–water partition coefficient (Wildman–Crippen LogP) is 4.52. The predicted molar refractivity (Wildman–Crippen MR) is 114 cm³/mol. The van der Waals surface area contributed by atoms with Crippen LogP contribution in [0.25, 0.3) is 11.3 Å². The molecule has 1 saturated heterocycles. The number of nitrogens with zero attached hydrogens (tertiary/aromatic N) is 2. The highest BCUT2D eigenvalue weighted by Crippen LogP contribution is 2.27. The molecule has 31 heavy (non-hydrogen) atoms. The van der Waals surface area contributed by atoms with Crippen molar-refractivity contribution in [2.45, 2.75) is 24.2 Å². The second-order valence-electron chi connectivity index (χ2n) is 7.11. The van der Waals surface area contributed by atoms with Crippen molar-refractivity contribution in [3.63, 3.8) is 0 Å². The number of carbonyl (C=O) groups is 1. The van der Waals surface area contributed by atoms with Gasteiger partial charge in [0.15, 0.2) is 5.13 Å². The Morgan fingerprint density at radius 1 is 1.03 bits per heavy atom. The van der Waals surface area contributed by atoms with Gasteiger partial charge >= 0.3 is 0 Å². The number of hydrogen-bond donors (Lipinski definition) is 1. The van der Waals surface area contributed by atoms with E-state index in [-0.39, 0.29) is 16.5 Å². The van der Waals surface area contributed by atoms with Crippen LogP contribution in [0.3, 0.4) is 0 Å². The molecule has 10 heteroatoms. The van der Waals surface area contributed by atoms with E-state index in [1.54, 1.807) is 17.5 Å². The molecule has 1 amide bonds. The average molecular weight is 464 g/mol. The van der Waals surface area contributed by atoms with Crippen LogP contribution in [0.2, 0.25) is 0 Å². The molecule has 0 aliphatic carbocycles. The first-order valence-electron chi connectivity index (χ1n) is 9.67. The third-order valence-electron chi connectivity index (χ3n) is 4.99. The summed E-state index contributed by atoms with van der Waals surface area (Å²) in [5, 5.41) is 4.60. The molecule has 0 atom stereocenters. The van der Waals surface area contributed by atoms with Crippen molar-refractivity contribution in [3.05, 3.63) is 65.0 Å². The van der Waals surface area contributed by atoms with Crippen molar-refractivity contribution < 1.29 is 22.0 Å². The summed E-state index contributed by atoms with van der Waals surface area (Å²) in [5.74, 6) is -1.86. The van der Waals surface area contributed by atoms with Gasteiger partial charge in [-0.3, -0.25) is 10.1 Å². The van der Waals surface area contributed by atoms with Crippen molar-refractivity contribution in [2.24, 2.45) is 0 Å². The summed E-state index contributed by atoms with van der Waals surface area (Å²) in [4.78, 5) is 16.4. The van der Waals surface area contributed by atoms with E-state index in [0.29, 0.717) is 24.3 Å². The normalized spacial score (nSPS) is 15.0. The molecule has 0 saturated carbocycles. The maximum absolute atomic E-state index is 14.4. The van der Waals surface area contributed by atoms with Crippen LogP contribution in [0.5, 0.6) is 0 Å². The summed E-state index contributed by atoms with van der Waals surface area (Å²) in [6, 6.07) is 9.06. The summed E-state index contributed by atoms with van der Waals surface area (Å²) >= 11 is 1.17. The van der Waals surface area contributed by atoms with Gasteiger partial charge in [-0.05, 0) is 55.3 Å². The van der Waals surface area contributed by atoms with Crippen LogP contribution < -0.4 is 5.32 Å². The van der Waals surface area contributed by atoms with E-state index in [1.807, 2.05) is 0 Å². The molecule has 1 fully saturated rings. The highest BCUT2D eigenvalue weighted by molar-refractivity contribution is 7.89. The van der Waals surface area contributed by atoms with Gasteiger partial charge in [0.1, 0.15) is 16.5 Å². The molecule has 0 spiro atoms. The lowest BCUT2D eigenvalue weighted by molar-refractivity contribution is 0.102. The molecular formula is C21H19F2N3O3S2. The third-order valence-corrected chi connectivity index (χ3v) is 7.66. The smallest absolute Gasteiger partial charge is 0.257 e. The van der Waals surface area contributed by atoms with Crippen molar-refractivity contribution in [1.82, 2.24) is 9.29 Å². The Labute approximate surface area is 182 Å². The van der Waals surface area contributed by atoms with E-state index >= 15 is 0 Å². The number of amides is 1.